The van der Waals surface area contributed by atoms with E-state index in [4.69, 9.17) is 15.2 Å². The Morgan fingerprint density at radius 1 is 1.26 bits per heavy atom. The van der Waals surface area contributed by atoms with Crippen molar-refractivity contribution in [2.75, 3.05) is 25.3 Å². The van der Waals surface area contributed by atoms with Gasteiger partial charge in [0, 0.05) is 37.5 Å². The molecule has 2 aromatic rings. The van der Waals surface area contributed by atoms with Crippen LogP contribution in [0.5, 0.6) is 11.5 Å². The van der Waals surface area contributed by atoms with Gasteiger partial charge in [-0.25, -0.2) is 0 Å². The number of hydrogen-bond donors (Lipinski definition) is 2. The topological polar surface area (TPSA) is 74.3 Å². The SMILES string of the molecule is COc1cc(N)c(NCc2cnn(C)c2)cc1OC. The first-order chi connectivity index (χ1) is 9.13. The van der Waals surface area contributed by atoms with Gasteiger partial charge in [-0.2, -0.15) is 5.10 Å². The molecule has 0 amide bonds. The number of nitrogens with zero attached hydrogens (tertiary/aromatic N) is 2. The molecule has 102 valence electrons. The van der Waals surface area contributed by atoms with Crippen molar-refractivity contribution >= 4 is 11.4 Å². The second-order valence-corrected chi connectivity index (χ2v) is 4.17. The van der Waals surface area contributed by atoms with Gasteiger partial charge in [0.2, 0.25) is 0 Å². The fraction of sp³-hybridized carbons (Fsp3) is 0.308. The number of nitrogen functional groups attached to an aromatic ring is 1. The maximum absolute atomic E-state index is 5.97. The summed E-state index contributed by atoms with van der Waals surface area (Å²) in [6.45, 7) is 0.646. The van der Waals surface area contributed by atoms with E-state index in [1.807, 2.05) is 25.5 Å². The van der Waals surface area contributed by atoms with Gasteiger partial charge in [0.1, 0.15) is 0 Å². The van der Waals surface area contributed by atoms with Crippen molar-refractivity contribution in [2.45, 2.75) is 6.54 Å². The molecule has 1 aromatic carbocycles. The van der Waals surface area contributed by atoms with Gasteiger partial charge < -0.3 is 20.5 Å². The molecule has 0 unspecified atom stereocenters. The molecule has 1 heterocycles. The highest BCUT2D eigenvalue weighted by Crippen LogP contribution is 2.34. The van der Waals surface area contributed by atoms with Gasteiger partial charge in [-0.05, 0) is 0 Å². The van der Waals surface area contributed by atoms with Gasteiger partial charge in [-0.1, -0.05) is 0 Å². The molecule has 19 heavy (non-hydrogen) atoms. The first kappa shape index (κ1) is 13.1. The van der Waals surface area contributed by atoms with Crippen molar-refractivity contribution in [2.24, 2.45) is 7.05 Å². The van der Waals surface area contributed by atoms with Crippen LogP contribution in [0.4, 0.5) is 11.4 Å². The number of benzene rings is 1. The standard InChI is InChI=1S/C13H18N4O2/c1-17-8-9(7-16-17)6-15-11-5-13(19-3)12(18-2)4-10(11)14/h4-5,7-8,15H,6,14H2,1-3H3. The second kappa shape index (κ2) is 5.51. The fourth-order valence-electron chi connectivity index (χ4n) is 1.81. The van der Waals surface area contributed by atoms with Crippen molar-refractivity contribution in [1.82, 2.24) is 9.78 Å². The molecule has 3 N–H and O–H groups in total. The molecule has 0 saturated carbocycles. The van der Waals surface area contributed by atoms with E-state index in [0.717, 1.165) is 11.3 Å². The molecule has 0 fully saturated rings. The predicted molar refractivity (Wildman–Crippen MR) is 74.5 cm³/mol. The van der Waals surface area contributed by atoms with Gasteiger partial charge in [-0.3, -0.25) is 4.68 Å². The van der Waals surface area contributed by atoms with Gasteiger partial charge in [0.25, 0.3) is 0 Å². The van der Waals surface area contributed by atoms with Crippen molar-refractivity contribution in [1.29, 1.82) is 0 Å². The summed E-state index contributed by atoms with van der Waals surface area (Å²) in [6, 6.07) is 3.56. The van der Waals surface area contributed by atoms with E-state index in [0.29, 0.717) is 23.7 Å². The van der Waals surface area contributed by atoms with Crippen LogP contribution in [0.3, 0.4) is 0 Å². The Balaban J connectivity index is 2.15. The Bertz CT molecular complexity index is 566. The van der Waals surface area contributed by atoms with Crippen LogP contribution >= 0.6 is 0 Å². The number of nitrogens with two attached hydrogens (primary N) is 1. The van der Waals surface area contributed by atoms with E-state index in [-0.39, 0.29) is 0 Å². The van der Waals surface area contributed by atoms with Crippen LogP contribution in [-0.4, -0.2) is 24.0 Å². The molecule has 0 aliphatic carbocycles. The lowest BCUT2D eigenvalue weighted by molar-refractivity contribution is 0.355. The molecule has 1 aromatic heterocycles. The minimum absolute atomic E-state index is 0.613. The molecule has 0 saturated heterocycles. The molecule has 6 nitrogen and oxygen atoms in total. The van der Waals surface area contributed by atoms with E-state index >= 15 is 0 Å². The van der Waals surface area contributed by atoms with Gasteiger partial charge in [0.15, 0.2) is 11.5 Å². The third kappa shape index (κ3) is 2.90. The zero-order chi connectivity index (χ0) is 13.8. The number of nitrogens with one attached hydrogen (secondary N) is 1. The largest absolute Gasteiger partial charge is 0.493 e. The Labute approximate surface area is 112 Å². The zero-order valence-corrected chi connectivity index (χ0v) is 11.3. The number of aromatic nitrogens is 2. The van der Waals surface area contributed by atoms with Gasteiger partial charge >= 0.3 is 0 Å². The van der Waals surface area contributed by atoms with Gasteiger partial charge in [0.05, 0.1) is 31.8 Å². The van der Waals surface area contributed by atoms with Gasteiger partial charge in [-0.15, -0.1) is 0 Å². The number of ether oxygens (including phenoxy) is 2. The molecule has 0 bridgehead atoms. The minimum atomic E-state index is 0.613. The maximum Gasteiger partial charge on any atom is 0.162 e. The molecule has 2 rings (SSSR count). The number of rotatable bonds is 5. The highest BCUT2D eigenvalue weighted by molar-refractivity contribution is 5.72. The van der Waals surface area contributed by atoms with Crippen LogP contribution < -0.4 is 20.5 Å². The average Bonchev–Trinajstić information content (AvgIpc) is 2.82. The monoisotopic (exact) mass is 262 g/mol. The molecule has 6 heteroatoms. The zero-order valence-electron chi connectivity index (χ0n) is 11.3. The Morgan fingerprint density at radius 2 is 1.95 bits per heavy atom. The molecular formula is C13H18N4O2. The smallest absolute Gasteiger partial charge is 0.162 e. The van der Waals surface area contributed by atoms with Crippen LogP contribution in [0, 0.1) is 0 Å². The first-order valence-electron chi connectivity index (χ1n) is 5.87. The van der Waals surface area contributed by atoms with Crippen molar-refractivity contribution in [3.8, 4) is 11.5 Å². The summed E-state index contributed by atoms with van der Waals surface area (Å²) in [5.41, 5.74) is 8.47. The van der Waals surface area contributed by atoms with E-state index in [9.17, 15) is 0 Å². The number of methoxy groups -OCH3 is 2. The highest BCUT2D eigenvalue weighted by atomic mass is 16.5. The molecule has 0 atom stereocenters. The van der Waals surface area contributed by atoms with Crippen molar-refractivity contribution in [3.05, 3.63) is 30.1 Å². The summed E-state index contributed by atoms with van der Waals surface area (Å²) in [6.07, 6.45) is 3.76. The van der Waals surface area contributed by atoms with Crippen molar-refractivity contribution in [3.63, 3.8) is 0 Å². The summed E-state index contributed by atoms with van der Waals surface area (Å²) in [7, 11) is 5.06. The fourth-order valence-corrected chi connectivity index (χ4v) is 1.81. The predicted octanol–water partition coefficient (Wildman–Crippen LogP) is 1.63. The molecule has 0 aliphatic rings. The Kier molecular flexibility index (Phi) is 3.79. The summed E-state index contributed by atoms with van der Waals surface area (Å²) in [4.78, 5) is 0. The minimum Gasteiger partial charge on any atom is -0.493 e. The van der Waals surface area contributed by atoms with Crippen molar-refractivity contribution < 1.29 is 9.47 Å². The Morgan fingerprint density at radius 3 is 2.53 bits per heavy atom. The second-order valence-electron chi connectivity index (χ2n) is 4.17. The molecule has 0 radical (unpaired) electrons. The van der Waals surface area contributed by atoms with Crippen LogP contribution in [0.2, 0.25) is 0 Å². The Hall–Kier alpha value is -2.37. The summed E-state index contributed by atoms with van der Waals surface area (Å²) >= 11 is 0. The lowest BCUT2D eigenvalue weighted by Gasteiger charge is -2.13. The van der Waals surface area contributed by atoms with E-state index in [1.165, 1.54) is 0 Å². The van der Waals surface area contributed by atoms with Crippen LogP contribution in [0.25, 0.3) is 0 Å². The lowest BCUT2D eigenvalue weighted by atomic mass is 10.2. The highest BCUT2D eigenvalue weighted by Gasteiger charge is 2.09. The number of aryl methyl sites for hydroxylation is 1. The maximum atomic E-state index is 5.97. The van der Waals surface area contributed by atoms with E-state index in [1.54, 1.807) is 25.0 Å². The summed E-state index contributed by atoms with van der Waals surface area (Å²) in [5, 5.41) is 7.37. The van der Waals surface area contributed by atoms with E-state index < -0.39 is 0 Å². The van der Waals surface area contributed by atoms with Crippen LogP contribution in [0.1, 0.15) is 5.56 Å². The van der Waals surface area contributed by atoms with Crippen LogP contribution in [-0.2, 0) is 13.6 Å². The normalized spacial score (nSPS) is 10.3. The molecule has 0 spiro atoms. The first-order valence-corrected chi connectivity index (χ1v) is 5.87. The lowest BCUT2D eigenvalue weighted by Crippen LogP contribution is -2.03. The summed E-state index contributed by atoms with van der Waals surface area (Å²) in [5.74, 6) is 1.26. The molecular weight excluding hydrogens is 244 g/mol. The third-order valence-corrected chi connectivity index (χ3v) is 2.80. The number of anilines is 2. The van der Waals surface area contributed by atoms with Crippen LogP contribution in [0.15, 0.2) is 24.5 Å². The number of hydrogen-bond acceptors (Lipinski definition) is 5. The van der Waals surface area contributed by atoms with E-state index in [2.05, 4.69) is 10.4 Å². The quantitative estimate of drug-likeness (QED) is 0.801. The third-order valence-electron chi connectivity index (χ3n) is 2.80. The average molecular weight is 262 g/mol. The summed E-state index contributed by atoms with van der Waals surface area (Å²) < 4.78 is 12.2. The molecule has 0 aliphatic heterocycles.